The van der Waals surface area contributed by atoms with Gasteiger partial charge in [0.05, 0.1) is 18.8 Å². The maximum absolute atomic E-state index is 13.6. The highest BCUT2D eigenvalue weighted by atomic mass is 16.5. The van der Waals surface area contributed by atoms with Gasteiger partial charge in [0.1, 0.15) is 12.4 Å². The predicted molar refractivity (Wildman–Crippen MR) is 152 cm³/mol. The van der Waals surface area contributed by atoms with E-state index in [1.165, 1.54) is 4.90 Å². The molecule has 5 rings (SSSR count). The Morgan fingerprint density at radius 2 is 1.80 bits per heavy atom. The van der Waals surface area contributed by atoms with Crippen LogP contribution in [-0.2, 0) is 16.9 Å². The number of carbonyl (C=O) groups is 2. The third-order valence-electron chi connectivity index (χ3n) is 7.01. The third kappa shape index (κ3) is 4.72. The lowest BCUT2D eigenvalue weighted by Gasteiger charge is -2.35. The quantitative estimate of drug-likeness (QED) is 0.268. The van der Waals surface area contributed by atoms with Crippen molar-refractivity contribution < 1.29 is 19.4 Å². The van der Waals surface area contributed by atoms with Crippen molar-refractivity contribution in [2.45, 2.75) is 32.9 Å². The van der Waals surface area contributed by atoms with Gasteiger partial charge in [0.15, 0.2) is 11.4 Å². The van der Waals surface area contributed by atoms with Crippen LogP contribution in [0.2, 0.25) is 0 Å². The molecule has 1 fully saturated rings. The van der Waals surface area contributed by atoms with Crippen molar-refractivity contribution in [2.75, 3.05) is 13.2 Å². The molecule has 0 unspecified atom stereocenters. The molecule has 1 aliphatic heterocycles. The first-order chi connectivity index (χ1) is 19.4. The van der Waals surface area contributed by atoms with Gasteiger partial charge >= 0.3 is 6.03 Å². The van der Waals surface area contributed by atoms with Gasteiger partial charge in [0.2, 0.25) is 0 Å². The molecule has 4 aromatic rings. The Kier molecular flexibility index (Phi) is 7.18. The summed E-state index contributed by atoms with van der Waals surface area (Å²) in [6.45, 7) is 5.65. The fourth-order valence-electron chi connectivity index (χ4n) is 4.95. The predicted octanol–water partition coefficient (Wildman–Crippen LogP) is 4.59. The summed E-state index contributed by atoms with van der Waals surface area (Å²) in [4.78, 5) is 32.6. The number of benzene rings is 2. The molecule has 1 saturated heterocycles. The van der Waals surface area contributed by atoms with Crippen LogP contribution in [0, 0.1) is 30.6 Å². The zero-order valence-electron chi connectivity index (χ0n) is 22.5. The number of rotatable bonds is 7. The van der Waals surface area contributed by atoms with Crippen molar-refractivity contribution in [2.24, 2.45) is 0 Å². The molecule has 200 valence electrons. The normalized spacial score (nSPS) is 16.2. The summed E-state index contributed by atoms with van der Waals surface area (Å²) in [6.07, 6.45) is 3.51. The number of hydrogen-bond donors (Lipinski definition) is 2. The minimum atomic E-state index is -1.46. The minimum Gasteiger partial charge on any atom is -0.494 e. The second-order valence-corrected chi connectivity index (χ2v) is 9.47. The smallest absolute Gasteiger partial charge is 0.326 e. The summed E-state index contributed by atoms with van der Waals surface area (Å²) in [6, 6.07) is 16.1. The van der Waals surface area contributed by atoms with Crippen LogP contribution in [0.15, 0.2) is 67.0 Å². The lowest BCUT2D eigenvalue weighted by Crippen LogP contribution is -2.50. The van der Waals surface area contributed by atoms with Crippen LogP contribution in [-0.4, -0.2) is 44.6 Å². The molecule has 1 atom stereocenters. The molecule has 1 aliphatic rings. The van der Waals surface area contributed by atoms with Crippen LogP contribution in [0.4, 0.5) is 4.79 Å². The summed E-state index contributed by atoms with van der Waals surface area (Å²) in [5, 5.41) is 15.0. The van der Waals surface area contributed by atoms with Crippen molar-refractivity contribution in [3.63, 3.8) is 0 Å². The van der Waals surface area contributed by atoms with Gasteiger partial charge < -0.3 is 14.4 Å². The second-order valence-electron chi connectivity index (χ2n) is 9.47. The topological polar surface area (TPSA) is 96.7 Å². The zero-order chi connectivity index (χ0) is 28.3. The highest BCUT2D eigenvalue weighted by molar-refractivity contribution is 6.07. The van der Waals surface area contributed by atoms with Gasteiger partial charge in [-0.3, -0.25) is 20.0 Å². The fourth-order valence-corrected chi connectivity index (χ4v) is 4.95. The van der Waals surface area contributed by atoms with Crippen molar-refractivity contribution in [1.82, 2.24) is 19.8 Å². The first kappa shape index (κ1) is 26.4. The Morgan fingerprint density at radius 1 is 1.02 bits per heavy atom. The lowest BCUT2D eigenvalue weighted by molar-refractivity contribution is -0.127. The van der Waals surface area contributed by atoms with Crippen LogP contribution < -0.4 is 10.1 Å². The highest BCUT2D eigenvalue weighted by Crippen LogP contribution is 2.39. The summed E-state index contributed by atoms with van der Waals surface area (Å²) >= 11 is 0. The van der Waals surface area contributed by atoms with E-state index < -0.39 is 17.5 Å². The fraction of sp³-hybridized carbons (Fsp3) is 0.219. The van der Waals surface area contributed by atoms with Crippen LogP contribution in [0.5, 0.6) is 11.6 Å². The average molecular weight is 533 g/mol. The first-order valence-electron chi connectivity index (χ1n) is 12.8. The summed E-state index contributed by atoms with van der Waals surface area (Å²) in [5.74, 6) is 11.4. The molecule has 0 spiro atoms. The number of nitrogens with one attached hydrogen (secondary N) is 1. The molecular formula is C32H28N4O4. The molecule has 2 aromatic carbocycles. The maximum atomic E-state index is 13.6. The number of nitrogens with zero attached hydrogens (tertiary/aromatic N) is 3. The summed E-state index contributed by atoms with van der Waals surface area (Å²) in [7, 11) is 0. The van der Waals surface area contributed by atoms with Crippen LogP contribution >= 0.6 is 0 Å². The van der Waals surface area contributed by atoms with Crippen molar-refractivity contribution >= 4 is 22.7 Å². The Morgan fingerprint density at radius 3 is 2.52 bits per heavy atom. The van der Waals surface area contributed by atoms with Crippen LogP contribution in [0.1, 0.15) is 25.0 Å². The lowest BCUT2D eigenvalue weighted by atomic mass is 9.87. The largest absolute Gasteiger partial charge is 0.494 e. The second kappa shape index (κ2) is 10.9. The van der Waals surface area contributed by atoms with E-state index in [1.807, 2.05) is 49.4 Å². The molecule has 2 N–H and O–H groups in total. The number of aromatic nitrogens is 2. The number of carbonyl (C=O) groups excluding carboxylic acids is 2. The number of imide groups is 1. The molecule has 3 amide bonds. The van der Waals surface area contributed by atoms with Gasteiger partial charge in [-0.2, -0.15) is 0 Å². The van der Waals surface area contributed by atoms with E-state index in [-0.39, 0.29) is 25.6 Å². The number of hydrogen-bond acceptors (Lipinski definition) is 5. The molecule has 0 radical (unpaired) electrons. The third-order valence-corrected chi connectivity index (χ3v) is 7.01. The van der Waals surface area contributed by atoms with Crippen LogP contribution in [0.25, 0.3) is 22.0 Å². The molecule has 0 saturated carbocycles. The van der Waals surface area contributed by atoms with E-state index in [4.69, 9.17) is 4.74 Å². The van der Waals surface area contributed by atoms with E-state index in [1.54, 1.807) is 42.9 Å². The number of fused-ring (bicyclic) bond motifs is 1. The van der Waals surface area contributed by atoms with Gasteiger partial charge in [-0.15, -0.1) is 11.8 Å². The molecule has 0 bridgehead atoms. The Hall–Kier alpha value is -5.21. The maximum Gasteiger partial charge on any atom is 0.326 e. The highest BCUT2D eigenvalue weighted by Gasteiger charge is 2.54. The number of ether oxygens (including phenoxy) is 1. The summed E-state index contributed by atoms with van der Waals surface area (Å²) < 4.78 is 7.24. The van der Waals surface area contributed by atoms with E-state index >= 15 is 0 Å². The first-order valence-corrected chi connectivity index (χ1v) is 12.8. The number of aromatic hydroxyl groups is 1. The van der Waals surface area contributed by atoms with E-state index in [2.05, 4.69) is 34.0 Å². The zero-order valence-corrected chi connectivity index (χ0v) is 22.5. The van der Waals surface area contributed by atoms with Gasteiger partial charge in [-0.05, 0) is 62.2 Å². The molecule has 8 heteroatoms. The van der Waals surface area contributed by atoms with Gasteiger partial charge in [-0.25, -0.2) is 4.79 Å². The Bertz CT molecular complexity index is 1730. The number of urea groups is 1. The van der Waals surface area contributed by atoms with Gasteiger partial charge in [0, 0.05) is 28.7 Å². The van der Waals surface area contributed by atoms with Crippen molar-refractivity contribution in [3.05, 3.63) is 78.1 Å². The Labute approximate surface area is 232 Å². The molecule has 3 heterocycles. The monoisotopic (exact) mass is 532 g/mol. The molecule has 8 nitrogen and oxygen atoms in total. The van der Waals surface area contributed by atoms with Gasteiger partial charge in [-0.1, -0.05) is 36.1 Å². The van der Waals surface area contributed by atoms with E-state index in [0.29, 0.717) is 16.7 Å². The standard InChI is InChI=1S/C32H28N4O4/c1-4-6-16-36-31(39)34-30(38)32(36,25-11-8-23(9-12-25)28-18-22(3)14-15-33-28)21-35-20-24-10-13-26(40-17-7-5-2)19-27(24)29(35)37/h8-15,18-20,37H,16-17,21H2,1-3H3,(H,34,38,39)/t32-/m0/s1. The van der Waals surface area contributed by atoms with E-state index in [9.17, 15) is 14.7 Å². The average Bonchev–Trinajstić information content (AvgIpc) is 3.39. The molecule has 2 aromatic heterocycles. The van der Waals surface area contributed by atoms with Crippen molar-refractivity contribution in [1.29, 1.82) is 0 Å². The van der Waals surface area contributed by atoms with Crippen molar-refractivity contribution in [3.8, 4) is 46.6 Å². The number of amides is 3. The SMILES string of the molecule is CC#CCOc1ccc2cn(C[C@]3(c4ccc(-c5cc(C)ccn5)cc4)C(=O)NC(=O)N3CC#CC)c(O)c2c1. The van der Waals surface area contributed by atoms with Crippen LogP contribution in [0.3, 0.4) is 0 Å². The minimum absolute atomic E-state index is 0.0317. The molecular weight excluding hydrogens is 504 g/mol. The number of pyridine rings is 1. The summed E-state index contributed by atoms with van der Waals surface area (Å²) in [5.41, 5.74) is 1.89. The van der Waals surface area contributed by atoms with Gasteiger partial charge in [0.25, 0.3) is 5.91 Å². The number of aryl methyl sites for hydroxylation is 1. The molecule has 40 heavy (non-hydrogen) atoms. The Balaban J connectivity index is 1.59. The van der Waals surface area contributed by atoms with E-state index in [0.717, 1.165) is 22.2 Å². The molecule has 0 aliphatic carbocycles.